The van der Waals surface area contributed by atoms with Gasteiger partial charge in [-0.3, -0.25) is 0 Å². The number of hydrogen-bond donors (Lipinski definition) is 1. The largest absolute Gasteiger partial charge is 0.399 e. The maximum Gasteiger partial charge on any atom is 0.141 e. The molecule has 3 nitrogen and oxygen atoms in total. The van der Waals surface area contributed by atoms with Crippen molar-refractivity contribution < 1.29 is 0 Å². The monoisotopic (exact) mass is 283 g/mol. The van der Waals surface area contributed by atoms with E-state index in [9.17, 15) is 0 Å². The Kier molecular flexibility index (Phi) is 3.44. The molecule has 0 saturated heterocycles. The van der Waals surface area contributed by atoms with E-state index in [1.807, 2.05) is 54.7 Å². The van der Waals surface area contributed by atoms with Gasteiger partial charge in [-0.25, -0.2) is 4.98 Å². The van der Waals surface area contributed by atoms with E-state index in [1.165, 1.54) is 0 Å². The first-order chi connectivity index (χ1) is 9.74. The summed E-state index contributed by atoms with van der Waals surface area (Å²) in [5.74, 6) is 0.859. The Morgan fingerprint density at radius 1 is 1.10 bits per heavy atom. The Morgan fingerprint density at radius 2 is 1.95 bits per heavy atom. The Morgan fingerprint density at radius 3 is 2.75 bits per heavy atom. The van der Waals surface area contributed by atoms with Crippen LogP contribution in [0.15, 0.2) is 60.9 Å². The molecule has 0 aliphatic rings. The zero-order chi connectivity index (χ0) is 13.9. The van der Waals surface area contributed by atoms with E-state index < -0.39 is 0 Å². The summed E-state index contributed by atoms with van der Waals surface area (Å²) in [7, 11) is 0. The molecule has 3 aromatic rings. The van der Waals surface area contributed by atoms with Gasteiger partial charge in [0.2, 0.25) is 0 Å². The van der Waals surface area contributed by atoms with Crippen molar-refractivity contribution in [2.45, 2.75) is 6.54 Å². The Balaban J connectivity index is 1.97. The van der Waals surface area contributed by atoms with Gasteiger partial charge in [0.1, 0.15) is 5.82 Å². The normalized spacial score (nSPS) is 10.7. The van der Waals surface area contributed by atoms with Gasteiger partial charge < -0.3 is 10.3 Å². The second-order valence-corrected chi connectivity index (χ2v) is 5.01. The highest BCUT2D eigenvalue weighted by Crippen LogP contribution is 2.26. The minimum atomic E-state index is 0.701. The van der Waals surface area contributed by atoms with Crippen LogP contribution in [0.5, 0.6) is 0 Å². The second kappa shape index (κ2) is 5.39. The lowest BCUT2D eigenvalue weighted by molar-refractivity contribution is 0.807. The number of benzene rings is 2. The molecule has 0 saturated carbocycles. The molecule has 20 heavy (non-hydrogen) atoms. The number of nitrogens with zero attached hydrogens (tertiary/aromatic N) is 2. The van der Waals surface area contributed by atoms with E-state index in [2.05, 4.69) is 9.55 Å². The Hall–Kier alpha value is -2.26. The van der Waals surface area contributed by atoms with Crippen LogP contribution >= 0.6 is 11.6 Å². The Labute approximate surface area is 122 Å². The van der Waals surface area contributed by atoms with Crippen molar-refractivity contribution in [1.29, 1.82) is 0 Å². The molecule has 0 fully saturated rings. The second-order valence-electron chi connectivity index (χ2n) is 4.60. The van der Waals surface area contributed by atoms with Crippen molar-refractivity contribution in [1.82, 2.24) is 9.55 Å². The lowest BCUT2D eigenvalue weighted by Crippen LogP contribution is -2.02. The topological polar surface area (TPSA) is 43.8 Å². The fourth-order valence-corrected chi connectivity index (χ4v) is 2.43. The van der Waals surface area contributed by atoms with Crippen LogP contribution in [0.1, 0.15) is 5.56 Å². The van der Waals surface area contributed by atoms with Gasteiger partial charge in [0.15, 0.2) is 0 Å². The molecule has 2 aromatic carbocycles. The first-order valence-corrected chi connectivity index (χ1v) is 6.72. The molecular formula is C16H14ClN3. The number of halogens is 1. The first-order valence-electron chi connectivity index (χ1n) is 6.34. The van der Waals surface area contributed by atoms with Crippen LogP contribution in [0.4, 0.5) is 5.69 Å². The van der Waals surface area contributed by atoms with Gasteiger partial charge in [-0.15, -0.1) is 0 Å². The molecule has 0 aliphatic heterocycles. The molecule has 0 unspecified atom stereocenters. The zero-order valence-corrected chi connectivity index (χ0v) is 11.6. The fourth-order valence-electron chi connectivity index (χ4n) is 2.21. The SMILES string of the molecule is Nc1cccc(Cn2ccnc2-c2ccccc2Cl)c1. The van der Waals surface area contributed by atoms with E-state index >= 15 is 0 Å². The summed E-state index contributed by atoms with van der Waals surface area (Å²) in [6, 6.07) is 15.6. The van der Waals surface area contributed by atoms with Crippen LogP contribution in [-0.2, 0) is 6.54 Å². The standard InChI is InChI=1S/C16H14ClN3/c17-15-7-2-1-6-14(15)16-19-8-9-20(16)11-12-4-3-5-13(18)10-12/h1-10H,11,18H2. The fraction of sp³-hybridized carbons (Fsp3) is 0.0625. The predicted octanol–water partition coefficient (Wildman–Crippen LogP) is 3.83. The number of rotatable bonds is 3. The highest BCUT2D eigenvalue weighted by Gasteiger charge is 2.09. The van der Waals surface area contributed by atoms with Gasteiger partial charge in [0.25, 0.3) is 0 Å². The number of nitrogens with two attached hydrogens (primary N) is 1. The van der Waals surface area contributed by atoms with Crippen molar-refractivity contribution in [3.8, 4) is 11.4 Å². The van der Waals surface area contributed by atoms with Crippen LogP contribution in [0.25, 0.3) is 11.4 Å². The Bertz CT molecular complexity index is 734. The van der Waals surface area contributed by atoms with Crippen LogP contribution in [0.2, 0.25) is 5.02 Å². The summed E-state index contributed by atoms with van der Waals surface area (Å²) in [4.78, 5) is 4.41. The quantitative estimate of drug-likeness (QED) is 0.742. The van der Waals surface area contributed by atoms with Gasteiger partial charge in [0.05, 0.1) is 5.02 Å². The summed E-state index contributed by atoms with van der Waals surface area (Å²) >= 11 is 6.24. The molecule has 0 amide bonds. The van der Waals surface area contributed by atoms with Gasteiger partial charge in [-0.1, -0.05) is 35.9 Å². The molecular weight excluding hydrogens is 270 g/mol. The van der Waals surface area contributed by atoms with Crippen molar-refractivity contribution in [2.75, 3.05) is 5.73 Å². The number of nitrogen functional groups attached to an aromatic ring is 1. The van der Waals surface area contributed by atoms with Gasteiger partial charge in [-0.05, 0) is 29.8 Å². The minimum Gasteiger partial charge on any atom is -0.399 e. The van der Waals surface area contributed by atoms with Crippen molar-refractivity contribution >= 4 is 17.3 Å². The molecule has 2 N–H and O–H groups in total. The average Bonchev–Trinajstić information content (AvgIpc) is 2.87. The van der Waals surface area contributed by atoms with E-state index in [0.29, 0.717) is 11.6 Å². The lowest BCUT2D eigenvalue weighted by atomic mass is 10.2. The van der Waals surface area contributed by atoms with Crippen LogP contribution in [-0.4, -0.2) is 9.55 Å². The van der Waals surface area contributed by atoms with E-state index in [-0.39, 0.29) is 0 Å². The highest BCUT2D eigenvalue weighted by atomic mass is 35.5. The maximum absolute atomic E-state index is 6.24. The van der Waals surface area contributed by atoms with Crippen LogP contribution in [0, 0.1) is 0 Å². The third-order valence-electron chi connectivity index (χ3n) is 3.13. The zero-order valence-electron chi connectivity index (χ0n) is 10.8. The van der Waals surface area contributed by atoms with E-state index in [1.54, 1.807) is 6.20 Å². The summed E-state index contributed by atoms with van der Waals surface area (Å²) in [5.41, 5.74) is 8.65. The number of anilines is 1. The molecule has 0 bridgehead atoms. The van der Waals surface area contributed by atoms with E-state index in [0.717, 1.165) is 22.6 Å². The van der Waals surface area contributed by atoms with Gasteiger partial charge in [0, 0.05) is 30.2 Å². The number of aromatic nitrogens is 2. The molecule has 4 heteroatoms. The van der Waals surface area contributed by atoms with Crippen LogP contribution in [0.3, 0.4) is 0 Å². The summed E-state index contributed by atoms with van der Waals surface area (Å²) in [5, 5.41) is 0.701. The maximum atomic E-state index is 6.24. The first kappa shape index (κ1) is 12.8. The van der Waals surface area contributed by atoms with Crippen molar-refractivity contribution in [3.63, 3.8) is 0 Å². The summed E-state index contributed by atoms with van der Waals surface area (Å²) in [6.07, 6.45) is 3.73. The molecule has 3 rings (SSSR count). The third kappa shape index (κ3) is 2.53. The minimum absolute atomic E-state index is 0.701. The van der Waals surface area contributed by atoms with Gasteiger partial charge in [-0.2, -0.15) is 0 Å². The number of hydrogen-bond acceptors (Lipinski definition) is 2. The molecule has 0 atom stereocenters. The molecule has 100 valence electrons. The van der Waals surface area contributed by atoms with Crippen molar-refractivity contribution in [2.24, 2.45) is 0 Å². The molecule has 0 spiro atoms. The molecule has 0 aliphatic carbocycles. The average molecular weight is 284 g/mol. The molecule has 0 radical (unpaired) electrons. The van der Waals surface area contributed by atoms with Gasteiger partial charge >= 0.3 is 0 Å². The third-order valence-corrected chi connectivity index (χ3v) is 3.46. The summed E-state index contributed by atoms with van der Waals surface area (Å²) in [6.45, 7) is 0.714. The predicted molar refractivity (Wildman–Crippen MR) is 82.6 cm³/mol. The molecule has 1 aromatic heterocycles. The van der Waals surface area contributed by atoms with Crippen LogP contribution < -0.4 is 5.73 Å². The highest BCUT2D eigenvalue weighted by molar-refractivity contribution is 6.33. The lowest BCUT2D eigenvalue weighted by Gasteiger charge is -2.09. The van der Waals surface area contributed by atoms with E-state index in [4.69, 9.17) is 17.3 Å². The molecule has 1 heterocycles. The summed E-state index contributed by atoms with van der Waals surface area (Å²) < 4.78 is 2.07. The van der Waals surface area contributed by atoms with Crippen molar-refractivity contribution in [3.05, 3.63) is 71.5 Å². The smallest absolute Gasteiger partial charge is 0.141 e. The number of imidazole rings is 1.